The standard InChI is InChI=1S/C16H22N2O3/c1-4-21-16(2,3)12-18-15(20)14-9-8-13(11-17-14)7-5-6-10-19/h8-9,11,19H,4,6,10,12H2,1-3H3,(H,18,20). The first-order valence-electron chi connectivity index (χ1n) is 6.96. The lowest BCUT2D eigenvalue weighted by Crippen LogP contribution is -2.40. The molecule has 0 aliphatic carbocycles. The summed E-state index contributed by atoms with van der Waals surface area (Å²) in [4.78, 5) is 16.1. The van der Waals surface area contributed by atoms with Gasteiger partial charge in [-0.3, -0.25) is 4.79 Å². The molecule has 0 aromatic carbocycles. The van der Waals surface area contributed by atoms with Crippen molar-refractivity contribution in [1.29, 1.82) is 0 Å². The van der Waals surface area contributed by atoms with Crippen molar-refractivity contribution in [1.82, 2.24) is 10.3 Å². The van der Waals surface area contributed by atoms with Gasteiger partial charge < -0.3 is 15.2 Å². The van der Waals surface area contributed by atoms with Gasteiger partial charge in [-0.2, -0.15) is 0 Å². The third-order valence-corrected chi connectivity index (χ3v) is 2.68. The molecule has 114 valence electrons. The van der Waals surface area contributed by atoms with E-state index >= 15 is 0 Å². The smallest absolute Gasteiger partial charge is 0.269 e. The van der Waals surface area contributed by atoms with E-state index < -0.39 is 5.60 Å². The van der Waals surface area contributed by atoms with E-state index in [9.17, 15) is 4.79 Å². The van der Waals surface area contributed by atoms with Gasteiger partial charge in [-0.05, 0) is 32.9 Å². The maximum absolute atomic E-state index is 12.0. The van der Waals surface area contributed by atoms with Gasteiger partial charge in [-0.15, -0.1) is 0 Å². The lowest BCUT2D eigenvalue weighted by atomic mass is 10.1. The Labute approximate surface area is 125 Å². The molecule has 1 aromatic rings. The van der Waals surface area contributed by atoms with Crippen LogP contribution in [0.4, 0.5) is 0 Å². The third kappa shape index (κ3) is 6.39. The average molecular weight is 290 g/mol. The zero-order valence-electron chi connectivity index (χ0n) is 12.8. The molecule has 2 N–H and O–H groups in total. The Morgan fingerprint density at radius 2 is 2.24 bits per heavy atom. The molecule has 21 heavy (non-hydrogen) atoms. The molecule has 1 heterocycles. The molecule has 5 nitrogen and oxygen atoms in total. The highest BCUT2D eigenvalue weighted by Crippen LogP contribution is 2.07. The summed E-state index contributed by atoms with van der Waals surface area (Å²) in [5, 5.41) is 11.4. The molecule has 0 unspecified atom stereocenters. The number of ether oxygens (including phenoxy) is 1. The number of aliphatic hydroxyl groups is 1. The Morgan fingerprint density at radius 3 is 2.81 bits per heavy atom. The normalized spacial score (nSPS) is 10.7. The number of aromatic nitrogens is 1. The molecule has 0 saturated heterocycles. The lowest BCUT2D eigenvalue weighted by molar-refractivity contribution is -0.00818. The third-order valence-electron chi connectivity index (χ3n) is 2.68. The van der Waals surface area contributed by atoms with Gasteiger partial charge >= 0.3 is 0 Å². The van der Waals surface area contributed by atoms with Crippen molar-refractivity contribution in [3.05, 3.63) is 29.6 Å². The second-order valence-electron chi connectivity index (χ2n) is 5.08. The minimum atomic E-state index is -0.403. The Morgan fingerprint density at radius 1 is 1.48 bits per heavy atom. The van der Waals surface area contributed by atoms with E-state index in [-0.39, 0.29) is 12.5 Å². The van der Waals surface area contributed by atoms with E-state index in [2.05, 4.69) is 22.1 Å². The van der Waals surface area contributed by atoms with Crippen LogP contribution in [0.2, 0.25) is 0 Å². The number of carbonyl (C=O) groups excluding carboxylic acids is 1. The summed E-state index contributed by atoms with van der Waals surface area (Å²) in [6.07, 6.45) is 1.97. The number of amides is 1. The lowest BCUT2D eigenvalue weighted by Gasteiger charge is -2.24. The highest BCUT2D eigenvalue weighted by molar-refractivity contribution is 5.92. The predicted octanol–water partition coefficient (Wildman–Crippen LogP) is 1.36. The van der Waals surface area contributed by atoms with Gasteiger partial charge in [0.1, 0.15) is 5.69 Å². The van der Waals surface area contributed by atoms with Crippen molar-refractivity contribution in [3.8, 4) is 11.8 Å². The number of hydrogen-bond acceptors (Lipinski definition) is 4. The molecular weight excluding hydrogens is 268 g/mol. The maximum atomic E-state index is 12.0. The topological polar surface area (TPSA) is 71.5 Å². The van der Waals surface area contributed by atoms with Crippen molar-refractivity contribution in [2.45, 2.75) is 32.8 Å². The zero-order valence-corrected chi connectivity index (χ0v) is 12.8. The number of nitrogens with one attached hydrogen (secondary N) is 1. The number of nitrogens with zero attached hydrogens (tertiary/aromatic N) is 1. The average Bonchev–Trinajstić information content (AvgIpc) is 2.46. The number of pyridine rings is 1. The largest absolute Gasteiger partial charge is 0.395 e. The van der Waals surface area contributed by atoms with Crippen molar-refractivity contribution < 1.29 is 14.6 Å². The van der Waals surface area contributed by atoms with Crippen molar-refractivity contribution in [3.63, 3.8) is 0 Å². The molecule has 0 aliphatic rings. The molecule has 1 aromatic heterocycles. The molecule has 1 rings (SSSR count). The summed E-state index contributed by atoms with van der Waals surface area (Å²) < 4.78 is 5.52. The monoisotopic (exact) mass is 290 g/mol. The first kappa shape index (κ1) is 17.2. The molecule has 0 bridgehead atoms. The van der Waals surface area contributed by atoms with Gasteiger partial charge in [0.15, 0.2) is 0 Å². The van der Waals surface area contributed by atoms with E-state index in [1.54, 1.807) is 18.3 Å². The van der Waals surface area contributed by atoms with Gasteiger partial charge in [0, 0.05) is 31.3 Å². The quantitative estimate of drug-likeness (QED) is 0.776. The van der Waals surface area contributed by atoms with E-state index in [1.165, 1.54) is 0 Å². The summed E-state index contributed by atoms with van der Waals surface area (Å²) in [5.41, 5.74) is 0.657. The predicted molar refractivity (Wildman–Crippen MR) is 80.9 cm³/mol. The van der Waals surface area contributed by atoms with Crippen molar-refractivity contribution in [2.75, 3.05) is 19.8 Å². The van der Waals surface area contributed by atoms with Crippen LogP contribution in [0.25, 0.3) is 0 Å². The summed E-state index contributed by atoms with van der Waals surface area (Å²) in [6, 6.07) is 3.37. The first-order valence-corrected chi connectivity index (χ1v) is 6.96. The van der Waals surface area contributed by atoms with Crippen molar-refractivity contribution >= 4 is 5.91 Å². The Hall–Kier alpha value is -1.90. The fourth-order valence-corrected chi connectivity index (χ4v) is 1.65. The van der Waals surface area contributed by atoms with Crippen molar-refractivity contribution in [2.24, 2.45) is 0 Å². The minimum Gasteiger partial charge on any atom is -0.395 e. The van der Waals surface area contributed by atoms with Crippen LogP contribution < -0.4 is 5.32 Å². The Kier molecular flexibility index (Phi) is 6.86. The Bertz CT molecular complexity index is 513. The molecule has 0 fully saturated rings. The number of hydrogen-bond donors (Lipinski definition) is 2. The second-order valence-corrected chi connectivity index (χ2v) is 5.08. The van der Waals surface area contributed by atoms with Crippen LogP contribution in [0.3, 0.4) is 0 Å². The Balaban J connectivity index is 2.58. The summed E-state index contributed by atoms with van der Waals surface area (Å²) in [7, 11) is 0. The van der Waals surface area contributed by atoms with Crippen LogP contribution in [-0.2, 0) is 4.74 Å². The van der Waals surface area contributed by atoms with Crippen LogP contribution >= 0.6 is 0 Å². The molecule has 0 atom stereocenters. The fourth-order valence-electron chi connectivity index (χ4n) is 1.65. The number of aliphatic hydroxyl groups excluding tert-OH is 1. The number of carbonyl (C=O) groups is 1. The SMILES string of the molecule is CCOC(C)(C)CNC(=O)c1ccc(C#CCCO)cn1. The molecule has 5 heteroatoms. The molecule has 0 radical (unpaired) electrons. The van der Waals surface area contributed by atoms with Crippen LogP contribution in [0.1, 0.15) is 43.2 Å². The van der Waals surface area contributed by atoms with Gasteiger partial charge in [0.05, 0.1) is 12.2 Å². The highest BCUT2D eigenvalue weighted by atomic mass is 16.5. The summed E-state index contributed by atoms with van der Waals surface area (Å²) in [6.45, 7) is 6.81. The summed E-state index contributed by atoms with van der Waals surface area (Å²) in [5.74, 6) is 5.42. The van der Waals surface area contributed by atoms with Gasteiger partial charge in [0.25, 0.3) is 5.91 Å². The highest BCUT2D eigenvalue weighted by Gasteiger charge is 2.19. The van der Waals surface area contributed by atoms with E-state index in [1.807, 2.05) is 20.8 Å². The first-order chi connectivity index (χ1) is 9.98. The van der Waals surface area contributed by atoms with E-state index in [0.29, 0.717) is 25.3 Å². The van der Waals surface area contributed by atoms with Gasteiger partial charge in [-0.25, -0.2) is 4.98 Å². The van der Waals surface area contributed by atoms with Crippen LogP contribution in [0, 0.1) is 11.8 Å². The molecule has 0 aliphatic heterocycles. The van der Waals surface area contributed by atoms with Crippen LogP contribution in [0.5, 0.6) is 0 Å². The minimum absolute atomic E-state index is 0.0382. The summed E-state index contributed by atoms with van der Waals surface area (Å²) >= 11 is 0. The van der Waals surface area contributed by atoms with Crippen LogP contribution in [-0.4, -0.2) is 41.4 Å². The molecule has 1 amide bonds. The van der Waals surface area contributed by atoms with Crippen LogP contribution in [0.15, 0.2) is 18.3 Å². The van der Waals surface area contributed by atoms with Gasteiger partial charge in [-0.1, -0.05) is 11.8 Å². The molecule has 0 saturated carbocycles. The molecular formula is C16H22N2O3. The van der Waals surface area contributed by atoms with E-state index in [4.69, 9.17) is 9.84 Å². The fraction of sp³-hybridized carbons (Fsp3) is 0.500. The number of rotatable bonds is 6. The maximum Gasteiger partial charge on any atom is 0.269 e. The second kappa shape index (κ2) is 8.40. The zero-order chi connectivity index (χ0) is 15.7. The van der Waals surface area contributed by atoms with E-state index in [0.717, 1.165) is 5.56 Å². The van der Waals surface area contributed by atoms with Gasteiger partial charge in [0.2, 0.25) is 0 Å². The molecule has 0 spiro atoms.